The predicted molar refractivity (Wildman–Crippen MR) is 59.4 cm³/mol. The molecule has 8 heteroatoms. The number of hydrogen-bond donors (Lipinski definition) is 2. The van der Waals surface area contributed by atoms with Gasteiger partial charge in [-0.1, -0.05) is 0 Å². The molecule has 0 aliphatic rings. The maximum absolute atomic E-state index is 11.9. The van der Waals surface area contributed by atoms with Crippen molar-refractivity contribution in [2.45, 2.75) is 6.18 Å². The largest absolute Gasteiger partial charge is 0.478 e. The van der Waals surface area contributed by atoms with Gasteiger partial charge in [0, 0.05) is 11.0 Å². The second-order valence-electron chi connectivity index (χ2n) is 3.17. The van der Waals surface area contributed by atoms with Gasteiger partial charge in [-0.05, 0) is 18.2 Å². The first kappa shape index (κ1) is 14.2. The molecule has 1 amide bonds. The van der Waals surface area contributed by atoms with Crippen LogP contribution in [0.4, 0.5) is 13.2 Å². The molecule has 0 saturated carbocycles. The highest BCUT2D eigenvalue weighted by atomic mass is 32.1. The quantitative estimate of drug-likeness (QED) is 0.830. The van der Waals surface area contributed by atoms with Gasteiger partial charge in [0.05, 0.1) is 4.88 Å². The molecule has 4 nitrogen and oxygen atoms in total. The van der Waals surface area contributed by atoms with E-state index in [1.54, 1.807) is 5.32 Å². The fourth-order valence-electron chi connectivity index (χ4n) is 0.985. The fraction of sp³-hybridized carbons (Fsp3) is 0.200. The van der Waals surface area contributed by atoms with E-state index in [-0.39, 0.29) is 4.88 Å². The lowest BCUT2D eigenvalue weighted by Gasteiger charge is -2.06. The zero-order valence-corrected chi connectivity index (χ0v) is 9.64. The van der Waals surface area contributed by atoms with Gasteiger partial charge in [-0.2, -0.15) is 13.2 Å². The monoisotopic (exact) mass is 279 g/mol. The molecule has 0 aliphatic carbocycles. The molecule has 0 fully saturated rings. The Morgan fingerprint density at radius 2 is 2.06 bits per heavy atom. The van der Waals surface area contributed by atoms with Crippen molar-refractivity contribution in [1.29, 1.82) is 0 Å². The average molecular weight is 279 g/mol. The average Bonchev–Trinajstić information content (AvgIpc) is 2.70. The molecule has 0 radical (unpaired) electrons. The summed E-state index contributed by atoms with van der Waals surface area (Å²) in [5, 5.41) is 10.1. The number of carboxylic acids is 1. The lowest BCUT2D eigenvalue weighted by atomic mass is 10.4. The summed E-state index contributed by atoms with van der Waals surface area (Å²) < 4.78 is 35.6. The number of rotatable bonds is 4. The lowest BCUT2D eigenvalue weighted by molar-refractivity contribution is -0.131. The van der Waals surface area contributed by atoms with Crippen LogP contribution in [0, 0.1) is 0 Å². The van der Waals surface area contributed by atoms with E-state index in [9.17, 15) is 22.8 Å². The zero-order valence-electron chi connectivity index (χ0n) is 8.82. The highest BCUT2D eigenvalue weighted by molar-refractivity contribution is 7.14. The molecule has 1 heterocycles. The van der Waals surface area contributed by atoms with Gasteiger partial charge in [0.1, 0.15) is 6.54 Å². The summed E-state index contributed by atoms with van der Waals surface area (Å²) >= 11 is 0.904. The van der Waals surface area contributed by atoms with Gasteiger partial charge >= 0.3 is 12.1 Å². The van der Waals surface area contributed by atoms with E-state index in [1.165, 1.54) is 18.2 Å². The Morgan fingerprint density at radius 3 is 2.61 bits per heavy atom. The summed E-state index contributed by atoms with van der Waals surface area (Å²) in [6, 6.07) is 2.78. The van der Waals surface area contributed by atoms with Crippen molar-refractivity contribution in [3.63, 3.8) is 0 Å². The van der Waals surface area contributed by atoms with Crippen LogP contribution in [0.1, 0.15) is 14.5 Å². The molecule has 0 aromatic carbocycles. The standard InChI is InChI=1S/C10H8F3NO3S/c11-10(12,13)5-14-9(17)7-3-1-6(18-7)2-4-8(15)16/h1-4H,5H2,(H,14,17)(H,15,16)/b4-2+. The number of carbonyl (C=O) groups excluding carboxylic acids is 1. The van der Waals surface area contributed by atoms with Crippen LogP contribution in [0.25, 0.3) is 6.08 Å². The van der Waals surface area contributed by atoms with Gasteiger partial charge in [0.15, 0.2) is 0 Å². The molecule has 1 aromatic rings. The van der Waals surface area contributed by atoms with E-state index in [2.05, 4.69) is 0 Å². The predicted octanol–water partition coefficient (Wildman–Crippen LogP) is 2.14. The number of carboxylic acid groups (broad SMARTS) is 1. The molecule has 0 unspecified atom stereocenters. The molecule has 2 N–H and O–H groups in total. The van der Waals surface area contributed by atoms with Gasteiger partial charge < -0.3 is 10.4 Å². The van der Waals surface area contributed by atoms with E-state index < -0.39 is 24.6 Å². The van der Waals surface area contributed by atoms with Crippen molar-refractivity contribution in [3.05, 3.63) is 28.0 Å². The van der Waals surface area contributed by atoms with Gasteiger partial charge in [0.2, 0.25) is 0 Å². The first-order valence-electron chi connectivity index (χ1n) is 4.64. The highest BCUT2D eigenvalue weighted by Crippen LogP contribution is 2.18. The third-order valence-electron chi connectivity index (χ3n) is 1.69. The first-order chi connectivity index (χ1) is 8.28. The molecule has 0 aliphatic heterocycles. The third kappa shape index (κ3) is 5.00. The Balaban J connectivity index is 2.62. The second-order valence-corrected chi connectivity index (χ2v) is 4.29. The summed E-state index contributed by atoms with van der Waals surface area (Å²) in [6.45, 7) is -1.40. The van der Waals surface area contributed by atoms with Gasteiger partial charge in [-0.25, -0.2) is 4.79 Å². The Labute approximate surface area is 104 Å². The molecule has 18 heavy (non-hydrogen) atoms. The third-order valence-corrected chi connectivity index (χ3v) is 2.74. The van der Waals surface area contributed by atoms with E-state index in [0.29, 0.717) is 4.88 Å². The minimum Gasteiger partial charge on any atom is -0.478 e. The highest BCUT2D eigenvalue weighted by Gasteiger charge is 2.28. The van der Waals surface area contributed by atoms with Crippen LogP contribution in [0.15, 0.2) is 18.2 Å². The maximum atomic E-state index is 11.9. The summed E-state index contributed by atoms with van der Waals surface area (Å²) in [6.07, 6.45) is -2.32. The van der Waals surface area contributed by atoms with Crippen LogP contribution in [-0.2, 0) is 4.79 Å². The van der Waals surface area contributed by atoms with E-state index in [1.807, 2.05) is 0 Å². The van der Waals surface area contributed by atoms with Gasteiger partial charge in [-0.3, -0.25) is 4.79 Å². The minimum atomic E-state index is -4.46. The molecule has 0 atom stereocenters. The van der Waals surface area contributed by atoms with Crippen molar-refractivity contribution in [1.82, 2.24) is 5.32 Å². The smallest absolute Gasteiger partial charge is 0.405 e. The molecule has 0 bridgehead atoms. The summed E-state index contributed by atoms with van der Waals surface area (Å²) in [5.41, 5.74) is 0. The van der Waals surface area contributed by atoms with Crippen LogP contribution in [0.3, 0.4) is 0 Å². The summed E-state index contributed by atoms with van der Waals surface area (Å²) in [4.78, 5) is 22.1. The molecular formula is C10H8F3NO3S. The summed E-state index contributed by atoms with van der Waals surface area (Å²) in [5.74, 6) is -1.99. The SMILES string of the molecule is O=C(O)/C=C/c1ccc(C(=O)NCC(F)(F)F)s1. The van der Waals surface area contributed by atoms with E-state index in [0.717, 1.165) is 17.4 Å². The van der Waals surface area contributed by atoms with Crippen molar-refractivity contribution in [2.75, 3.05) is 6.54 Å². The lowest BCUT2D eigenvalue weighted by Crippen LogP contribution is -2.33. The van der Waals surface area contributed by atoms with Gasteiger partial charge in [0.25, 0.3) is 5.91 Å². The topological polar surface area (TPSA) is 66.4 Å². The van der Waals surface area contributed by atoms with E-state index >= 15 is 0 Å². The number of hydrogen-bond acceptors (Lipinski definition) is 3. The van der Waals surface area contributed by atoms with E-state index in [4.69, 9.17) is 5.11 Å². The molecule has 98 valence electrons. The van der Waals surface area contributed by atoms with Crippen LogP contribution >= 0.6 is 11.3 Å². The number of halogens is 3. The van der Waals surface area contributed by atoms with Crippen LogP contribution in [0.5, 0.6) is 0 Å². The number of alkyl halides is 3. The maximum Gasteiger partial charge on any atom is 0.405 e. The Bertz CT molecular complexity index is 479. The number of aliphatic carboxylic acids is 1. The van der Waals surface area contributed by atoms with Crippen molar-refractivity contribution < 1.29 is 27.9 Å². The second kappa shape index (κ2) is 5.67. The van der Waals surface area contributed by atoms with Crippen molar-refractivity contribution in [3.8, 4) is 0 Å². The molecular weight excluding hydrogens is 271 g/mol. The van der Waals surface area contributed by atoms with Crippen molar-refractivity contribution >= 4 is 29.3 Å². The molecule has 0 saturated heterocycles. The summed E-state index contributed by atoms with van der Waals surface area (Å²) in [7, 11) is 0. The Kier molecular flexibility index (Phi) is 4.49. The number of nitrogens with one attached hydrogen (secondary N) is 1. The molecule has 1 rings (SSSR count). The minimum absolute atomic E-state index is 0.0873. The van der Waals surface area contributed by atoms with Crippen LogP contribution in [0.2, 0.25) is 0 Å². The zero-order chi connectivity index (χ0) is 13.8. The van der Waals surface area contributed by atoms with Crippen LogP contribution in [-0.4, -0.2) is 29.7 Å². The Hall–Kier alpha value is -1.83. The number of carbonyl (C=O) groups is 2. The Morgan fingerprint density at radius 1 is 1.39 bits per heavy atom. The fourth-order valence-corrected chi connectivity index (χ4v) is 1.81. The molecule has 1 aromatic heterocycles. The number of thiophene rings is 1. The van der Waals surface area contributed by atoms with Crippen LogP contribution < -0.4 is 5.32 Å². The van der Waals surface area contributed by atoms with Crippen molar-refractivity contribution in [2.24, 2.45) is 0 Å². The normalized spacial score (nSPS) is 11.7. The number of amides is 1. The molecule has 0 spiro atoms. The van der Waals surface area contributed by atoms with Gasteiger partial charge in [-0.15, -0.1) is 11.3 Å². The first-order valence-corrected chi connectivity index (χ1v) is 5.45.